The van der Waals surface area contributed by atoms with Crippen LogP contribution < -0.4 is 20.8 Å². The molecule has 1 saturated carbocycles. The molecule has 1 aliphatic carbocycles. The first-order chi connectivity index (χ1) is 14.2. The second kappa shape index (κ2) is 6.59. The van der Waals surface area contributed by atoms with Gasteiger partial charge in [-0.15, -0.1) is 11.3 Å². The lowest BCUT2D eigenvalue weighted by molar-refractivity contribution is 0.348. The lowest BCUT2D eigenvalue weighted by Crippen LogP contribution is -2.42. The molecule has 1 saturated heterocycles. The van der Waals surface area contributed by atoms with Crippen molar-refractivity contribution < 1.29 is 14.2 Å². The first-order valence-corrected chi connectivity index (χ1v) is 11.2. The Kier molecular flexibility index (Phi) is 4.31. The number of ether oxygens (including phenoxy) is 1. The lowest BCUT2D eigenvalue weighted by atomic mass is 9.88. The molecule has 0 spiro atoms. The number of aromatic hydroxyl groups is 1. The molecule has 1 aliphatic heterocycles. The Morgan fingerprint density at radius 2 is 2.07 bits per heavy atom. The van der Waals surface area contributed by atoms with E-state index in [9.17, 15) is 9.90 Å². The van der Waals surface area contributed by atoms with Crippen molar-refractivity contribution in [3.63, 3.8) is 0 Å². The van der Waals surface area contributed by atoms with Crippen molar-refractivity contribution >= 4 is 38.1 Å². The highest BCUT2D eigenvalue weighted by Gasteiger charge is 2.37. The zero-order valence-corrected chi connectivity index (χ0v) is 18.2. The molecule has 30 heavy (non-hydrogen) atoms. The molecule has 0 amide bonds. The third kappa shape index (κ3) is 2.80. The predicted octanol–water partition coefficient (Wildman–Crippen LogP) is 3.97. The second-order valence-corrected chi connectivity index (χ2v) is 9.98. The van der Waals surface area contributed by atoms with Gasteiger partial charge in [0.05, 0.1) is 23.4 Å². The molecule has 1 aromatic carbocycles. The molecular formula is C22H26FN3O3S. The van der Waals surface area contributed by atoms with E-state index in [1.165, 1.54) is 24.5 Å². The van der Waals surface area contributed by atoms with Crippen LogP contribution in [0.5, 0.6) is 11.5 Å². The molecule has 6 nitrogen and oxygen atoms in total. The maximum atomic E-state index is 15.4. The number of hydrogen-bond donors (Lipinski definition) is 2. The summed E-state index contributed by atoms with van der Waals surface area (Å²) in [6, 6.07) is 1.53. The fourth-order valence-electron chi connectivity index (χ4n) is 4.72. The van der Waals surface area contributed by atoms with Gasteiger partial charge in [0.1, 0.15) is 16.3 Å². The largest absolute Gasteiger partial charge is 0.506 e. The van der Waals surface area contributed by atoms with E-state index < -0.39 is 5.82 Å². The summed E-state index contributed by atoms with van der Waals surface area (Å²) >= 11 is 1.34. The van der Waals surface area contributed by atoms with Crippen LogP contribution in [0.25, 0.3) is 21.1 Å². The van der Waals surface area contributed by atoms with E-state index in [0.717, 1.165) is 19.3 Å². The van der Waals surface area contributed by atoms with E-state index in [1.54, 1.807) is 5.38 Å². The normalized spacial score (nSPS) is 19.9. The average molecular weight is 432 g/mol. The van der Waals surface area contributed by atoms with Crippen molar-refractivity contribution in [3.8, 4) is 11.5 Å². The fraction of sp³-hybridized carbons (Fsp3) is 0.500. The highest BCUT2D eigenvalue weighted by molar-refractivity contribution is 7.17. The molecule has 160 valence electrons. The Labute approximate surface area is 177 Å². The Morgan fingerprint density at radius 3 is 2.67 bits per heavy atom. The van der Waals surface area contributed by atoms with E-state index in [1.807, 2.05) is 18.7 Å². The van der Waals surface area contributed by atoms with Gasteiger partial charge in [-0.2, -0.15) is 0 Å². The van der Waals surface area contributed by atoms with Gasteiger partial charge in [0.15, 0.2) is 11.6 Å². The third-order valence-electron chi connectivity index (χ3n) is 6.54. The van der Waals surface area contributed by atoms with Crippen molar-refractivity contribution in [1.29, 1.82) is 0 Å². The number of pyridine rings is 1. The molecule has 8 heteroatoms. The maximum absolute atomic E-state index is 15.4. The number of methoxy groups -OCH3 is 1. The minimum absolute atomic E-state index is 0.0488. The summed E-state index contributed by atoms with van der Waals surface area (Å²) in [6.45, 7) is 5.32. The van der Waals surface area contributed by atoms with Crippen LogP contribution in [0.3, 0.4) is 0 Å². The maximum Gasteiger partial charge on any atom is 0.202 e. The smallest absolute Gasteiger partial charge is 0.202 e. The van der Waals surface area contributed by atoms with Crippen LogP contribution in [0.4, 0.5) is 10.1 Å². The number of anilines is 1. The molecule has 0 unspecified atom stereocenters. The molecule has 1 atom stereocenters. The standard InChI is InChI=1S/C22H26FN3O3S/c1-22(2,24)11-6-7-25(9-11)18-14(23)8-13-17(20(18)29-3)26(12-4-5-12)21-16(19(13)28)15(27)10-30-21/h8,10-12,27H,4-7,9,24H2,1-3H3/t11-/m1/s1. The molecule has 3 aromatic rings. The SMILES string of the molecule is COc1c(N2CC[C@@H](C(C)(C)N)C2)c(F)cc2c(=O)c3c(O)csc3n(C3CC3)c12. The summed E-state index contributed by atoms with van der Waals surface area (Å²) < 4.78 is 23.3. The highest BCUT2D eigenvalue weighted by atomic mass is 32.1. The van der Waals surface area contributed by atoms with E-state index in [-0.39, 0.29) is 39.4 Å². The highest BCUT2D eigenvalue weighted by Crippen LogP contribution is 2.48. The number of nitrogens with two attached hydrogens (primary N) is 1. The van der Waals surface area contributed by atoms with Crippen LogP contribution in [-0.2, 0) is 0 Å². The number of benzene rings is 1. The monoisotopic (exact) mass is 431 g/mol. The number of hydrogen-bond acceptors (Lipinski definition) is 6. The van der Waals surface area contributed by atoms with Crippen LogP contribution in [0.1, 0.15) is 39.2 Å². The molecule has 3 heterocycles. The molecule has 0 bridgehead atoms. The van der Waals surface area contributed by atoms with Gasteiger partial charge in [0, 0.05) is 30.1 Å². The van der Waals surface area contributed by atoms with Gasteiger partial charge < -0.3 is 25.0 Å². The number of thiophene rings is 1. The number of halogens is 1. The number of fused-ring (bicyclic) bond motifs is 2. The van der Waals surface area contributed by atoms with E-state index in [4.69, 9.17) is 10.5 Å². The van der Waals surface area contributed by atoms with Crippen LogP contribution in [0.15, 0.2) is 16.2 Å². The number of nitrogens with zero attached hydrogens (tertiary/aromatic N) is 2. The zero-order valence-electron chi connectivity index (χ0n) is 17.4. The number of rotatable bonds is 4. The third-order valence-corrected chi connectivity index (χ3v) is 7.50. The topological polar surface area (TPSA) is 80.7 Å². The first kappa shape index (κ1) is 19.6. The molecule has 3 N–H and O–H groups in total. The fourth-order valence-corrected chi connectivity index (χ4v) is 5.73. The zero-order chi connectivity index (χ0) is 21.4. The van der Waals surface area contributed by atoms with Crippen molar-refractivity contribution in [2.45, 2.75) is 44.7 Å². The molecule has 2 aromatic heterocycles. The molecule has 0 radical (unpaired) electrons. The Morgan fingerprint density at radius 1 is 1.33 bits per heavy atom. The Bertz CT molecular complexity index is 1220. The van der Waals surface area contributed by atoms with Crippen molar-refractivity contribution in [2.75, 3.05) is 25.1 Å². The van der Waals surface area contributed by atoms with Crippen LogP contribution in [0, 0.1) is 11.7 Å². The van der Waals surface area contributed by atoms with Gasteiger partial charge in [-0.1, -0.05) is 0 Å². The Balaban J connectivity index is 1.81. The van der Waals surface area contributed by atoms with Gasteiger partial charge in [0.25, 0.3) is 0 Å². The van der Waals surface area contributed by atoms with Crippen molar-refractivity contribution in [1.82, 2.24) is 4.57 Å². The van der Waals surface area contributed by atoms with Crippen molar-refractivity contribution in [2.24, 2.45) is 11.7 Å². The van der Waals surface area contributed by atoms with Gasteiger partial charge >= 0.3 is 0 Å². The summed E-state index contributed by atoms with van der Waals surface area (Å²) in [5.74, 6) is 0.0922. The second-order valence-electron chi connectivity index (χ2n) is 9.12. The molecule has 5 rings (SSSR count). The molecular weight excluding hydrogens is 405 g/mol. The van der Waals surface area contributed by atoms with E-state index in [2.05, 4.69) is 4.57 Å². The summed E-state index contributed by atoms with van der Waals surface area (Å²) in [5.41, 5.74) is 6.61. The summed E-state index contributed by atoms with van der Waals surface area (Å²) in [5, 5.41) is 12.3. The van der Waals surface area contributed by atoms with Gasteiger partial charge in [-0.05, 0) is 45.1 Å². The van der Waals surface area contributed by atoms with Crippen LogP contribution in [-0.4, -0.2) is 35.4 Å². The lowest BCUT2D eigenvalue weighted by Gasteiger charge is -2.28. The summed E-state index contributed by atoms with van der Waals surface area (Å²) in [4.78, 5) is 15.9. The summed E-state index contributed by atoms with van der Waals surface area (Å²) in [7, 11) is 1.52. The quantitative estimate of drug-likeness (QED) is 0.653. The number of aromatic nitrogens is 1. The molecule has 2 fully saturated rings. The van der Waals surface area contributed by atoms with Crippen LogP contribution in [0.2, 0.25) is 0 Å². The van der Waals surface area contributed by atoms with Gasteiger partial charge in [0.2, 0.25) is 5.43 Å². The molecule has 2 aliphatic rings. The predicted molar refractivity (Wildman–Crippen MR) is 119 cm³/mol. The Hall–Kier alpha value is -2.32. The van der Waals surface area contributed by atoms with Gasteiger partial charge in [-0.25, -0.2) is 4.39 Å². The van der Waals surface area contributed by atoms with Crippen molar-refractivity contribution in [3.05, 3.63) is 27.5 Å². The van der Waals surface area contributed by atoms with E-state index in [0.29, 0.717) is 34.9 Å². The summed E-state index contributed by atoms with van der Waals surface area (Å²) in [6.07, 6.45) is 2.83. The van der Waals surface area contributed by atoms with Gasteiger partial charge in [-0.3, -0.25) is 4.79 Å². The average Bonchev–Trinajstić information content (AvgIpc) is 3.25. The minimum Gasteiger partial charge on any atom is -0.506 e. The minimum atomic E-state index is -0.483. The van der Waals surface area contributed by atoms with Crippen LogP contribution >= 0.6 is 11.3 Å². The first-order valence-electron chi connectivity index (χ1n) is 10.3. The van der Waals surface area contributed by atoms with E-state index >= 15 is 4.39 Å².